The Hall–Kier alpha value is -1.80. The number of hydrogen-bond donors (Lipinski definition) is 2. The molecule has 0 unspecified atom stereocenters. The first kappa shape index (κ1) is 21.9. The Morgan fingerprint density at radius 2 is 1.97 bits per heavy atom. The molecule has 2 aromatic carbocycles. The second kappa shape index (κ2) is 9.80. The van der Waals surface area contributed by atoms with Gasteiger partial charge in [-0.3, -0.25) is 0 Å². The molecule has 1 heterocycles. The zero-order valence-corrected chi connectivity index (χ0v) is 19.2. The summed E-state index contributed by atoms with van der Waals surface area (Å²) in [5, 5.41) is 10.8. The van der Waals surface area contributed by atoms with E-state index in [0.29, 0.717) is 24.5 Å². The number of thioether (sulfide) groups is 1. The minimum atomic E-state index is -0.339. The quantitative estimate of drug-likeness (QED) is 0.355. The number of nitrogens with zero attached hydrogens (tertiary/aromatic N) is 1. The van der Waals surface area contributed by atoms with Crippen LogP contribution in [0.4, 0.5) is 0 Å². The van der Waals surface area contributed by atoms with E-state index in [2.05, 4.69) is 33.0 Å². The van der Waals surface area contributed by atoms with Crippen molar-refractivity contribution in [1.29, 1.82) is 0 Å². The minimum Gasteiger partial charge on any atom is -0.462 e. The van der Waals surface area contributed by atoms with Gasteiger partial charge in [-0.25, -0.2) is 4.79 Å². The van der Waals surface area contributed by atoms with Gasteiger partial charge >= 0.3 is 5.97 Å². The maximum atomic E-state index is 12.9. The Kier molecular flexibility index (Phi) is 7.40. The smallest absolute Gasteiger partial charge is 0.340 e. The summed E-state index contributed by atoms with van der Waals surface area (Å²) < 4.78 is 6.22. The van der Waals surface area contributed by atoms with Gasteiger partial charge in [-0.15, -0.1) is 11.8 Å². The second-order valence-corrected chi connectivity index (χ2v) is 8.84. The number of carbonyl (C=O) groups excluding carboxylic acids is 1. The first-order valence-corrected chi connectivity index (χ1v) is 11.2. The number of halogens is 1. The number of ether oxygens (including phenoxy) is 1. The van der Waals surface area contributed by atoms with Crippen molar-refractivity contribution in [2.24, 2.45) is 0 Å². The van der Waals surface area contributed by atoms with Crippen LogP contribution in [0, 0.1) is 0 Å². The molecular weight excluding hydrogens is 452 g/mol. The lowest BCUT2D eigenvalue weighted by Crippen LogP contribution is -2.14. The third kappa shape index (κ3) is 4.86. The first-order valence-electron chi connectivity index (χ1n) is 9.41. The molecule has 1 aromatic heterocycles. The third-order valence-electron chi connectivity index (χ3n) is 4.57. The highest BCUT2D eigenvalue weighted by atomic mass is 79.9. The van der Waals surface area contributed by atoms with Gasteiger partial charge in [0.15, 0.2) is 0 Å². The molecule has 0 aliphatic carbocycles. The van der Waals surface area contributed by atoms with E-state index < -0.39 is 0 Å². The van der Waals surface area contributed by atoms with Gasteiger partial charge < -0.3 is 19.7 Å². The van der Waals surface area contributed by atoms with E-state index in [4.69, 9.17) is 4.74 Å². The van der Waals surface area contributed by atoms with E-state index in [1.54, 1.807) is 11.8 Å². The predicted octanol–water partition coefficient (Wildman–Crippen LogP) is 4.95. The van der Waals surface area contributed by atoms with Gasteiger partial charge in [0, 0.05) is 38.3 Å². The molecular formula is C22H25BrN2O3S. The normalized spacial score (nSPS) is 11.4. The molecule has 7 heteroatoms. The molecule has 0 fully saturated rings. The third-order valence-corrected chi connectivity index (χ3v) is 6.32. The number of hydrogen-bond acceptors (Lipinski definition) is 5. The minimum absolute atomic E-state index is 0.110. The summed E-state index contributed by atoms with van der Waals surface area (Å²) in [6.45, 7) is 2.60. The van der Waals surface area contributed by atoms with Crippen LogP contribution in [0.1, 0.15) is 34.1 Å². The van der Waals surface area contributed by atoms with Crippen molar-refractivity contribution in [2.75, 3.05) is 20.7 Å². The number of fused-ring (bicyclic) bond motifs is 1. The van der Waals surface area contributed by atoms with Gasteiger partial charge in [-0.1, -0.05) is 34.1 Å². The SMILES string of the molecule is CCOC(=O)c1c(CSc2ccccc2)[nH]c2cc(Br)c(CO)c(CN(C)C)c12. The molecule has 5 nitrogen and oxygen atoms in total. The number of H-pyrrole nitrogens is 1. The summed E-state index contributed by atoms with van der Waals surface area (Å²) in [7, 11) is 3.94. The van der Waals surface area contributed by atoms with Gasteiger partial charge in [-0.05, 0) is 50.3 Å². The molecule has 154 valence electrons. The van der Waals surface area contributed by atoms with Gasteiger partial charge in [-0.2, -0.15) is 0 Å². The molecule has 0 saturated carbocycles. The number of carbonyl (C=O) groups is 1. The summed E-state index contributed by atoms with van der Waals surface area (Å²) in [5.41, 5.74) is 3.96. The number of aliphatic hydroxyl groups is 1. The van der Waals surface area contributed by atoms with Crippen molar-refractivity contribution in [3.8, 4) is 0 Å². The monoisotopic (exact) mass is 476 g/mol. The van der Waals surface area contributed by atoms with Crippen LogP contribution < -0.4 is 0 Å². The lowest BCUT2D eigenvalue weighted by Gasteiger charge is -2.17. The van der Waals surface area contributed by atoms with E-state index in [1.165, 1.54) is 0 Å². The van der Waals surface area contributed by atoms with Crippen LogP contribution in [0.5, 0.6) is 0 Å². The first-order chi connectivity index (χ1) is 14.0. The molecule has 3 aromatic rings. The highest BCUT2D eigenvalue weighted by Gasteiger charge is 2.25. The van der Waals surface area contributed by atoms with Crippen LogP contribution in [-0.2, 0) is 23.6 Å². The average Bonchev–Trinajstić information content (AvgIpc) is 3.05. The van der Waals surface area contributed by atoms with Crippen molar-refractivity contribution in [2.45, 2.75) is 30.7 Å². The number of aromatic nitrogens is 1. The molecule has 0 aliphatic rings. The maximum Gasteiger partial charge on any atom is 0.340 e. The van der Waals surface area contributed by atoms with Crippen molar-refractivity contribution in [1.82, 2.24) is 9.88 Å². The number of nitrogens with one attached hydrogen (secondary N) is 1. The van der Waals surface area contributed by atoms with Crippen LogP contribution in [0.25, 0.3) is 10.9 Å². The fraction of sp³-hybridized carbons (Fsp3) is 0.318. The molecule has 0 atom stereocenters. The summed E-state index contributed by atoms with van der Waals surface area (Å²) in [6.07, 6.45) is 0. The molecule has 0 amide bonds. The number of rotatable bonds is 8. The summed E-state index contributed by atoms with van der Waals surface area (Å²) in [5.74, 6) is 0.272. The Balaban J connectivity index is 2.17. The topological polar surface area (TPSA) is 65.6 Å². The lowest BCUT2D eigenvalue weighted by atomic mass is 9.99. The van der Waals surface area contributed by atoms with Crippen LogP contribution in [-0.4, -0.2) is 41.7 Å². The Morgan fingerprint density at radius 3 is 2.59 bits per heavy atom. The van der Waals surface area contributed by atoms with Gasteiger partial charge in [0.05, 0.1) is 18.8 Å². The van der Waals surface area contributed by atoms with E-state index >= 15 is 0 Å². The highest BCUT2D eigenvalue weighted by Crippen LogP contribution is 2.36. The molecule has 0 spiro atoms. The zero-order valence-electron chi connectivity index (χ0n) is 16.8. The highest BCUT2D eigenvalue weighted by molar-refractivity contribution is 9.10. The van der Waals surface area contributed by atoms with Crippen LogP contribution in [0.2, 0.25) is 0 Å². The Bertz CT molecular complexity index is 1000. The van der Waals surface area contributed by atoms with Crippen molar-refractivity contribution >= 4 is 44.6 Å². The van der Waals surface area contributed by atoms with Crippen molar-refractivity contribution in [3.63, 3.8) is 0 Å². The number of aliphatic hydroxyl groups excluding tert-OH is 1. The zero-order chi connectivity index (χ0) is 21.0. The largest absolute Gasteiger partial charge is 0.462 e. The second-order valence-electron chi connectivity index (χ2n) is 6.93. The van der Waals surface area contributed by atoms with Crippen molar-refractivity contribution in [3.05, 3.63) is 63.3 Å². The molecule has 0 bridgehead atoms. The van der Waals surface area contributed by atoms with Gasteiger partial charge in [0.1, 0.15) is 0 Å². The molecule has 3 rings (SSSR count). The number of esters is 1. The number of benzene rings is 2. The maximum absolute atomic E-state index is 12.9. The average molecular weight is 477 g/mol. The Morgan fingerprint density at radius 1 is 1.24 bits per heavy atom. The molecule has 0 saturated heterocycles. The van der Waals surface area contributed by atoms with Crippen LogP contribution in [0.3, 0.4) is 0 Å². The number of aromatic amines is 1. The van der Waals surface area contributed by atoms with E-state index in [9.17, 15) is 9.90 Å². The Labute approximate surface area is 183 Å². The van der Waals surface area contributed by atoms with Crippen LogP contribution >= 0.6 is 27.7 Å². The van der Waals surface area contributed by atoms with E-state index in [-0.39, 0.29) is 12.6 Å². The molecule has 0 aliphatic heterocycles. The fourth-order valence-corrected chi connectivity index (χ4v) is 4.85. The summed E-state index contributed by atoms with van der Waals surface area (Å²) in [6, 6.07) is 12.0. The van der Waals surface area contributed by atoms with Gasteiger partial charge in [0.25, 0.3) is 0 Å². The molecule has 0 radical (unpaired) electrons. The summed E-state index contributed by atoms with van der Waals surface area (Å²) >= 11 is 5.24. The molecule has 29 heavy (non-hydrogen) atoms. The predicted molar refractivity (Wildman–Crippen MR) is 121 cm³/mol. The van der Waals surface area contributed by atoms with E-state index in [1.807, 2.05) is 50.2 Å². The fourth-order valence-electron chi connectivity index (χ4n) is 3.37. The lowest BCUT2D eigenvalue weighted by molar-refractivity contribution is 0.0527. The van der Waals surface area contributed by atoms with Crippen LogP contribution in [0.15, 0.2) is 45.8 Å². The molecule has 2 N–H and O–H groups in total. The van der Waals surface area contributed by atoms with E-state index in [0.717, 1.165) is 37.1 Å². The van der Waals surface area contributed by atoms with Crippen molar-refractivity contribution < 1.29 is 14.6 Å². The standard InChI is InChI=1S/C22H25BrN2O3S/c1-4-28-22(27)21-19(13-29-14-8-6-5-7-9-14)24-18-10-17(23)16(12-26)15(20(18)21)11-25(2)3/h5-10,24,26H,4,11-13H2,1-3H3. The van der Waals surface area contributed by atoms with Gasteiger partial charge in [0.2, 0.25) is 0 Å². The summed E-state index contributed by atoms with van der Waals surface area (Å²) in [4.78, 5) is 19.5.